The molecule has 1 unspecified atom stereocenters. The van der Waals surface area contributed by atoms with Crippen LogP contribution in [0.3, 0.4) is 0 Å². The zero-order valence-electron chi connectivity index (χ0n) is 14.2. The molecule has 1 aromatic heterocycles. The lowest BCUT2D eigenvalue weighted by atomic mass is 10.0. The zero-order valence-corrected chi connectivity index (χ0v) is 14.2. The fourth-order valence-corrected chi connectivity index (χ4v) is 3.64. The predicted molar refractivity (Wildman–Crippen MR) is 91.1 cm³/mol. The number of hydrogen-bond donors (Lipinski definition) is 0. The fourth-order valence-electron chi connectivity index (χ4n) is 3.64. The minimum atomic E-state index is 0.250. The first-order chi connectivity index (χ1) is 11.1. The summed E-state index contributed by atoms with van der Waals surface area (Å²) in [4.78, 5) is 14.8. The SMILES string of the molecule is Cc1nn(C)c(C)c1CCC(=O)N1CCCC1c1ccccc1. The van der Waals surface area contributed by atoms with E-state index in [1.807, 2.05) is 24.7 Å². The van der Waals surface area contributed by atoms with E-state index in [-0.39, 0.29) is 11.9 Å². The smallest absolute Gasteiger partial charge is 0.223 e. The van der Waals surface area contributed by atoms with Crippen LogP contribution >= 0.6 is 0 Å². The highest BCUT2D eigenvalue weighted by atomic mass is 16.2. The lowest BCUT2D eigenvalue weighted by Crippen LogP contribution is -2.30. The van der Waals surface area contributed by atoms with Gasteiger partial charge in [-0.05, 0) is 44.2 Å². The van der Waals surface area contributed by atoms with Gasteiger partial charge in [0.1, 0.15) is 0 Å². The molecule has 1 aliphatic heterocycles. The lowest BCUT2D eigenvalue weighted by Gasteiger charge is -2.25. The second kappa shape index (κ2) is 6.57. The van der Waals surface area contributed by atoms with Crippen molar-refractivity contribution in [2.75, 3.05) is 6.54 Å². The summed E-state index contributed by atoms with van der Waals surface area (Å²) in [5.41, 5.74) is 4.68. The van der Waals surface area contributed by atoms with Crippen molar-refractivity contribution in [2.24, 2.45) is 7.05 Å². The Hall–Kier alpha value is -2.10. The third kappa shape index (κ3) is 3.16. The number of rotatable bonds is 4. The molecule has 1 atom stereocenters. The van der Waals surface area contributed by atoms with Crippen LogP contribution in [0.15, 0.2) is 30.3 Å². The van der Waals surface area contributed by atoms with Crippen molar-refractivity contribution in [1.82, 2.24) is 14.7 Å². The van der Waals surface area contributed by atoms with E-state index in [1.165, 1.54) is 11.1 Å². The Labute approximate surface area is 138 Å². The van der Waals surface area contributed by atoms with E-state index in [4.69, 9.17) is 0 Å². The molecule has 2 aromatic rings. The summed E-state index contributed by atoms with van der Waals surface area (Å²) in [7, 11) is 1.96. The van der Waals surface area contributed by atoms with Gasteiger partial charge in [0.25, 0.3) is 0 Å². The minimum absolute atomic E-state index is 0.250. The Kier molecular flexibility index (Phi) is 4.51. The maximum atomic E-state index is 12.7. The summed E-state index contributed by atoms with van der Waals surface area (Å²) < 4.78 is 1.90. The maximum Gasteiger partial charge on any atom is 0.223 e. The summed E-state index contributed by atoms with van der Waals surface area (Å²) in [6.45, 7) is 4.97. The highest BCUT2D eigenvalue weighted by Gasteiger charge is 2.29. The number of amides is 1. The first-order valence-electron chi connectivity index (χ1n) is 8.41. The molecule has 1 saturated heterocycles. The summed E-state index contributed by atoms with van der Waals surface area (Å²) in [6.07, 6.45) is 3.51. The Morgan fingerprint density at radius 2 is 2.00 bits per heavy atom. The van der Waals surface area contributed by atoms with Gasteiger partial charge in [-0.1, -0.05) is 30.3 Å². The molecule has 23 heavy (non-hydrogen) atoms. The van der Waals surface area contributed by atoms with Gasteiger partial charge in [0, 0.05) is 25.7 Å². The zero-order chi connectivity index (χ0) is 16.4. The van der Waals surface area contributed by atoms with Gasteiger partial charge < -0.3 is 4.90 Å². The second-order valence-electron chi connectivity index (χ2n) is 6.43. The van der Waals surface area contributed by atoms with E-state index in [0.29, 0.717) is 6.42 Å². The van der Waals surface area contributed by atoms with E-state index in [2.05, 4.69) is 41.2 Å². The van der Waals surface area contributed by atoms with Gasteiger partial charge in [0.05, 0.1) is 11.7 Å². The molecule has 1 aliphatic rings. The summed E-state index contributed by atoms with van der Waals surface area (Å²) in [5, 5.41) is 4.44. The Morgan fingerprint density at radius 3 is 2.65 bits per heavy atom. The van der Waals surface area contributed by atoms with E-state index in [9.17, 15) is 4.79 Å². The van der Waals surface area contributed by atoms with E-state index >= 15 is 0 Å². The van der Waals surface area contributed by atoms with Gasteiger partial charge in [0.2, 0.25) is 5.91 Å². The number of aryl methyl sites for hydroxylation is 2. The van der Waals surface area contributed by atoms with Crippen LogP contribution in [0, 0.1) is 13.8 Å². The maximum absolute atomic E-state index is 12.7. The molecule has 3 rings (SSSR count). The predicted octanol–water partition coefficient (Wildman–Crippen LogP) is 3.33. The van der Waals surface area contributed by atoms with Crippen molar-refractivity contribution in [3.8, 4) is 0 Å². The van der Waals surface area contributed by atoms with E-state index in [1.54, 1.807) is 0 Å². The lowest BCUT2D eigenvalue weighted by molar-refractivity contribution is -0.132. The third-order valence-corrected chi connectivity index (χ3v) is 5.01. The molecule has 0 aliphatic carbocycles. The number of carbonyl (C=O) groups is 1. The van der Waals surface area contributed by atoms with Crippen LogP contribution in [0.2, 0.25) is 0 Å². The van der Waals surface area contributed by atoms with E-state index in [0.717, 1.165) is 37.2 Å². The number of carbonyl (C=O) groups excluding carboxylic acids is 1. The first kappa shape index (κ1) is 15.8. The van der Waals surface area contributed by atoms with Crippen molar-refractivity contribution in [2.45, 2.75) is 45.6 Å². The fraction of sp³-hybridized carbons (Fsp3) is 0.474. The molecule has 122 valence electrons. The normalized spacial score (nSPS) is 17.7. The average molecular weight is 311 g/mol. The molecule has 0 N–H and O–H groups in total. The number of aromatic nitrogens is 2. The second-order valence-corrected chi connectivity index (χ2v) is 6.43. The summed E-state index contributed by atoms with van der Waals surface area (Å²) in [6, 6.07) is 10.6. The van der Waals surface area contributed by atoms with Crippen molar-refractivity contribution < 1.29 is 4.79 Å². The van der Waals surface area contributed by atoms with Crippen molar-refractivity contribution in [3.05, 3.63) is 52.8 Å². The molecule has 2 heterocycles. The third-order valence-electron chi connectivity index (χ3n) is 5.01. The molecule has 1 fully saturated rings. The number of nitrogens with zero attached hydrogens (tertiary/aromatic N) is 3. The molecule has 0 spiro atoms. The summed E-state index contributed by atoms with van der Waals surface area (Å²) >= 11 is 0. The van der Waals surface area contributed by atoms with Gasteiger partial charge >= 0.3 is 0 Å². The van der Waals surface area contributed by atoms with Crippen LogP contribution in [-0.4, -0.2) is 27.1 Å². The molecule has 1 amide bonds. The van der Waals surface area contributed by atoms with Crippen molar-refractivity contribution >= 4 is 5.91 Å². The van der Waals surface area contributed by atoms with Gasteiger partial charge in [-0.3, -0.25) is 9.48 Å². The number of likely N-dealkylation sites (tertiary alicyclic amines) is 1. The Balaban J connectivity index is 1.68. The van der Waals surface area contributed by atoms with Crippen molar-refractivity contribution in [1.29, 1.82) is 0 Å². The monoisotopic (exact) mass is 311 g/mol. The first-order valence-corrected chi connectivity index (χ1v) is 8.41. The molecule has 1 aromatic carbocycles. The van der Waals surface area contributed by atoms with E-state index < -0.39 is 0 Å². The van der Waals surface area contributed by atoms with Crippen LogP contribution in [-0.2, 0) is 18.3 Å². The van der Waals surface area contributed by atoms with Gasteiger partial charge in [0.15, 0.2) is 0 Å². The van der Waals surface area contributed by atoms with Crippen LogP contribution < -0.4 is 0 Å². The Bertz CT molecular complexity index is 690. The average Bonchev–Trinajstić information content (AvgIpc) is 3.13. The van der Waals surface area contributed by atoms with Gasteiger partial charge in [-0.25, -0.2) is 0 Å². The van der Waals surface area contributed by atoms with Gasteiger partial charge in [-0.15, -0.1) is 0 Å². The molecular weight excluding hydrogens is 286 g/mol. The molecular formula is C19H25N3O. The van der Waals surface area contributed by atoms with Crippen LogP contribution in [0.25, 0.3) is 0 Å². The molecule has 0 bridgehead atoms. The topological polar surface area (TPSA) is 38.1 Å². The molecule has 4 nitrogen and oxygen atoms in total. The highest BCUT2D eigenvalue weighted by Crippen LogP contribution is 2.32. The van der Waals surface area contributed by atoms with Crippen molar-refractivity contribution in [3.63, 3.8) is 0 Å². The molecule has 0 radical (unpaired) electrons. The number of hydrogen-bond acceptors (Lipinski definition) is 2. The molecule has 4 heteroatoms. The van der Waals surface area contributed by atoms with Crippen LogP contribution in [0.1, 0.15) is 47.8 Å². The number of benzene rings is 1. The highest BCUT2D eigenvalue weighted by molar-refractivity contribution is 5.77. The van der Waals surface area contributed by atoms with Crippen LogP contribution in [0.5, 0.6) is 0 Å². The summed E-state index contributed by atoms with van der Waals surface area (Å²) in [5.74, 6) is 0.263. The molecule has 0 saturated carbocycles. The Morgan fingerprint density at radius 1 is 1.26 bits per heavy atom. The quantitative estimate of drug-likeness (QED) is 0.868. The minimum Gasteiger partial charge on any atom is -0.336 e. The largest absolute Gasteiger partial charge is 0.336 e. The van der Waals surface area contributed by atoms with Gasteiger partial charge in [-0.2, -0.15) is 5.10 Å². The van der Waals surface area contributed by atoms with Crippen LogP contribution in [0.4, 0.5) is 0 Å². The standard InChI is InChI=1S/C19H25N3O/c1-14-17(15(2)21(3)20-14)11-12-19(23)22-13-7-10-18(22)16-8-5-4-6-9-16/h4-6,8-9,18H,7,10-13H2,1-3H3.